The number of aliphatic hydroxyl groups is 1. The van der Waals surface area contributed by atoms with Crippen LogP contribution in [0.1, 0.15) is 19.8 Å². The van der Waals surface area contributed by atoms with E-state index in [4.69, 9.17) is 9.47 Å². The highest BCUT2D eigenvalue weighted by molar-refractivity contribution is 5.81. The van der Waals surface area contributed by atoms with Gasteiger partial charge in [-0.3, -0.25) is 4.79 Å². The molecule has 20 heavy (non-hydrogen) atoms. The van der Waals surface area contributed by atoms with E-state index in [-0.39, 0.29) is 11.9 Å². The van der Waals surface area contributed by atoms with Crippen molar-refractivity contribution in [3.8, 4) is 0 Å². The summed E-state index contributed by atoms with van der Waals surface area (Å²) < 4.78 is 10.7. The minimum Gasteiger partial charge on any atom is -0.389 e. The highest BCUT2D eigenvalue weighted by Gasteiger charge is 2.23. The zero-order valence-corrected chi connectivity index (χ0v) is 12.2. The van der Waals surface area contributed by atoms with Crippen LogP contribution in [0.25, 0.3) is 0 Å². The Morgan fingerprint density at radius 1 is 1.45 bits per heavy atom. The maximum Gasteiger partial charge on any atom is 0.239 e. The monoisotopic (exact) mass is 286 g/mol. The zero-order chi connectivity index (χ0) is 14.4. The molecule has 6 nitrogen and oxygen atoms in total. The van der Waals surface area contributed by atoms with Gasteiger partial charge in [-0.2, -0.15) is 0 Å². The maximum absolute atomic E-state index is 12.1. The number of aliphatic hydroxyl groups excluding tert-OH is 1. The molecule has 1 aliphatic carbocycles. The van der Waals surface area contributed by atoms with Gasteiger partial charge in [0.25, 0.3) is 0 Å². The second kappa shape index (κ2) is 7.93. The van der Waals surface area contributed by atoms with Crippen LogP contribution < -0.4 is 5.32 Å². The number of carbonyl (C=O) groups is 1. The molecule has 116 valence electrons. The van der Waals surface area contributed by atoms with Crippen molar-refractivity contribution < 1.29 is 19.4 Å². The first-order chi connectivity index (χ1) is 9.66. The fourth-order valence-electron chi connectivity index (χ4n) is 2.17. The van der Waals surface area contributed by atoms with E-state index in [2.05, 4.69) is 5.32 Å². The Labute approximate surface area is 120 Å². The highest BCUT2D eigenvalue weighted by atomic mass is 16.5. The van der Waals surface area contributed by atoms with Crippen LogP contribution in [-0.4, -0.2) is 74.1 Å². The molecule has 1 amide bonds. The lowest BCUT2D eigenvalue weighted by atomic mass is 10.2. The van der Waals surface area contributed by atoms with E-state index in [1.54, 1.807) is 4.90 Å². The zero-order valence-electron chi connectivity index (χ0n) is 12.2. The Kier molecular flexibility index (Phi) is 6.22. The number of ether oxygens (including phenoxy) is 2. The van der Waals surface area contributed by atoms with E-state index >= 15 is 0 Å². The number of hydrogen-bond donors (Lipinski definition) is 2. The Hall–Kier alpha value is -0.690. The van der Waals surface area contributed by atoms with E-state index in [9.17, 15) is 9.90 Å². The lowest BCUT2D eigenvalue weighted by Crippen LogP contribution is -2.50. The Balaban J connectivity index is 1.57. The molecule has 2 unspecified atom stereocenters. The normalized spacial score (nSPS) is 22.6. The van der Waals surface area contributed by atoms with Gasteiger partial charge in [-0.25, -0.2) is 0 Å². The fourth-order valence-corrected chi connectivity index (χ4v) is 2.17. The van der Waals surface area contributed by atoms with E-state index in [0.29, 0.717) is 45.4 Å². The van der Waals surface area contributed by atoms with E-state index < -0.39 is 6.10 Å². The van der Waals surface area contributed by atoms with Crippen molar-refractivity contribution in [3.05, 3.63) is 0 Å². The summed E-state index contributed by atoms with van der Waals surface area (Å²) in [6, 6.07) is -0.286. The standard InChI is InChI=1S/C14H26N2O4/c1-11(14(18)16-4-6-19-7-5-16)15-8-13(17)10-20-9-12-2-3-12/h11-13,15,17H,2-10H2,1H3. The summed E-state index contributed by atoms with van der Waals surface area (Å²) in [5, 5.41) is 12.9. The summed E-state index contributed by atoms with van der Waals surface area (Å²) in [6.45, 7) is 5.81. The lowest BCUT2D eigenvalue weighted by molar-refractivity contribution is -0.137. The minimum atomic E-state index is -0.561. The van der Waals surface area contributed by atoms with Gasteiger partial charge >= 0.3 is 0 Å². The van der Waals surface area contributed by atoms with E-state index in [0.717, 1.165) is 6.61 Å². The largest absolute Gasteiger partial charge is 0.389 e. The first kappa shape index (κ1) is 15.7. The summed E-state index contributed by atoms with van der Waals surface area (Å²) in [4.78, 5) is 13.9. The number of nitrogens with one attached hydrogen (secondary N) is 1. The third-order valence-corrected chi connectivity index (χ3v) is 3.71. The number of rotatable bonds is 8. The molecule has 2 aliphatic rings. The Morgan fingerprint density at radius 3 is 2.80 bits per heavy atom. The molecule has 1 saturated carbocycles. The van der Waals surface area contributed by atoms with Crippen LogP contribution in [0.2, 0.25) is 0 Å². The number of amides is 1. The molecule has 1 aliphatic heterocycles. The average molecular weight is 286 g/mol. The van der Waals surface area contributed by atoms with Crippen molar-refractivity contribution >= 4 is 5.91 Å². The molecule has 2 rings (SSSR count). The first-order valence-corrected chi connectivity index (χ1v) is 7.52. The molecule has 0 aromatic heterocycles. The molecule has 1 saturated heterocycles. The SMILES string of the molecule is CC(NCC(O)COCC1CC1)C(=O)N1CCOCC1. The predicted octanol–water partition coefficient (Wildman–Crippen LogP) is -0.389. The molecule has 0 aromatic carbocycles. The van der Waals surface area contributed by atoms with Crippen LogP contribution in [-0.2, 0) is 14.3 Å². The van der Waals surface area contributed by atoms with E-state index in [1.165, 1.54) is 12.8 Å². The van der Waals surface area contributed by atoms with Gasteiger partial charge in [-0.1, -0.05) is 0 Å². The number of morpholine rings is 1. The molecule has 0 radical (unpaired) electrons. The fraction of sp³-hybridized carbons (Fsp3) is 0.929. The molecule has 2 fully saturated rings. The third-order valence-electron chi connectivity index (χ3n) is 3.71. The molecule has 0 aromatic rings. The molecule has 2 atom stereocenters. The van der Waals surface area contributed by atoms with Crippen LogP contribution in [0.3, 0.4) is 0 Å². The molecule has 2 N–H and O–H groups in total. The van der Waals surface area contributed by atoms with Crippen LogP contribution in [0.4, 0.5) is 0 Å². The second-order valence-electron chi connectivity index (χ2n) is 5.70. The minimum absolute atomic E-state index is 0.0689. The summed E-state index contributed by atoms with van der Waals surface area (Å²) in [7, 11) is 0. The van der Waals surface area contributed by atoms with Crippen molar-refractivity contribution in [2.24, 2.45) is 5.92 Å². The van der Waals surface area contributed by atoms with Crippen LogP contribution in [0.5, 0.6) is 0 Å². The smallest absolute Gasteiger partial charge is 0.239 e. The quantitative estimate of drug-likeness (QED) is 0.636. The van der Waals surface area contributed by atoms with E-state index in [1.807, 2.05) is 6.92 Å². The summed E-state index contributed by atoms with van der Waals surface area (Å²) in [5.74, 6) is 0.774. The van der Waals surface area contributed by atoms with Crippen LogP contribution >= 0.6 is 0 Å². The van der Waals surface area contributed by atoms with Crippen LogP contribution in [0.15, 0.2) is 0 Å². The van der Waals surface area contributed by atoms with Crippen molar-refractivity contribution in [1.82, 2.24) is 10.2 Å². The van der Waals surface area contributed by atoms with Crippen molar-refractivity contribution in [3.63, 3.8) is 0 Å². The third kappa shape index (κ3) is 5.36. The Morgan fingerprint density at radius 2 is 2.15 bits per heavy atom. The number of hydrogen-bond acceptors (Lipinski definition) is 5. The number of carbonyl (C=O) groups excluding carboxylic acids is 1. The van der Waals surface area contributed by atoms with Gasteiger partial charge in [-0.05, 0) is 25.7 Å². The Bertz CT molecular complexity index is 304. The topological polar surface area (TPSA) is 71.0 Å². The van der Waals surface area contributed by atoms with Gasteiger partial charge in [0.15, 0.2) is 0 Å². The molecule has 0 bridgehead atoms. The van der Waals surface area contributed by atoms with Gasteiger partial charge in [-0.15, -0.1) is 0 Å². The van der Waals surface area contributed by atoms with Gasteiger partial charge in [0.05, 0.1) is 32.0 Å². The van der Waals surface area contributed by atoms with Crippen LogP contribution in [0, 0.1) is 5.92 Å². The number of nitrogens with zero attached hydrogens (tertiary/aromatic N) is 1. The molecule has 1 heterocycles. The van der Waals surface area contributed by atoms with Gasteiger partial charge in [0.2, 0.25) is 5.91 Å². The van der Waals surface area contributed by atoms with Crippen molar-refractivity contribution in [2.75, 3.05) is 46.1 Å². The van der Waals surface area contributed by atoms with Gasteiger partial charge < -0.3 is 24.8 Å². The summed E-state index contributed by atoms with van der Waals surface area (Å²) >= 11 is 0. The second-order valence-corrected chi connectivity index (χ2v) is 5.70. The molecule has 0 spiro atoms. The van der Waals surface area contributed by atoms with Gasteiger partial charge in [0.1, 0.15) is 0 Å². The molecular formula is C14H26N2O4. The van der Waals surface area contributed by atoms with Crippen molar-refractivity contribution in [2.45, 2.75) is 31.9 Å². The lowest BCUT2D eigenvalue weighted by Gasteiger charge is -2.29. The summed E-state index contributed by atoms with van der Waals surface area (Å²) in [6.07, 6.45) is 1.94. The molecular weight excluding hydrogens is 260 g/mol. The maximum atomic E-state index is 12.1. The highest BCUT2D eigenvalue weighted by Crippen LogP contribution is 2.28. The average Bonchev–Trinajstić information content (AvgIpc) is 3.29. The summed E-state index contributed by atoms with van der Waals surface area (Å²) in [5.41, 5.74) is 0. The molecule has 6 heteroatoms. The van der Waals surface area contributed by atoms with Gasteiger partial charge in [0, 0.05) is 26.2 Å². The first-order valence-electron chi connectivity index (χ1n) is 7.52. The van der Waals surface area contributed by atoms with Crippen molar-refractivity contribution in [1.29, 1.82) is 0 Å². The predicted molar refractivity (Wildman–Crippen MR) is 74.4 cm³/mol.